The second-order valence-electron chi connectivity index (χ2n) is 8.25. The zero-order chi connectivity index (χ0) is 20.2. The molecule has 0 radical (unpaired) electrons. The molecule has 0 aromatic carbocycles. The molecule has 0 N–H and O–H groups in total. The van der Waals surface area contributed by atoms with Gasteiger partial charge in [-0.3, -0.25) is 0 Å². The number of unbranched alkanes of at least 4 members (excludes halogenated alkanes) is 11. The second kappa shape index (κ2) is 24.3. The first-order valence-corrected chi connectivity index (χ1v) is 12.1. The van der Waals surface area contributed by atoms with Gasteiger partial charge in [0.2, 0.25) is 0 Å². The average molecular weight is 422 g/mol. The molecule has 28 heavy (non-hydrogen) atoms. The maximum absolute atomic E-state index is 10.6. The Hall–Kier alpha value is 1.07. The van der Waals surface area contributed by atoms with E-state index in [2.05, 4.69) is 25.7 Å². The maximum atomic E-state index is 10.6. The zero-order valence-corrected chi connectivity index (χ0v) is 22.9. The summed E-state index contributed by atoms with van der Waals surface area (Å²) in [5, 5.41) is 10.6. The maximum Gasteiger partial charge on any atom is 1.00 e. The van der Waals surface area contributed by atoms with Crippen molar-refractivity contribution in [2.24, 2.45) is 0 Å². The van der Waals surface area contributed by atoms with E-state index >= 15 is 0 Å². The Bertz CT molecular complexity index is 310. The van der Waals surface area contributed by atoms with Crippen molar-refractivity contribution in [3.63, 3.8) is 0 Å². The summed E-state index contributed by atoms with van der Waals surface area (Å²) in [5.41, 5.74) is 0. The van der Waals surface area contributed by atoms with Crippen LogP contribution in [0, 0.1) is 0 Å². The Kier molecular flexibility index (Phi) is 27.2. The van der Waals surface area contributed by atoms with Crippen LogP contribution in [0.25, 0.3) is 0 Å². The minimum absolute atomic E-state index is 0. The molecule has 3 nitrogen and oxygen atoms in total. The molecule has 0 aliphatic heterocycles. The van der Waals surface area contributed by atoms with Crippen LogP contribution in [0.4, 0.5) is 0 Å². The number of carbonyl (C=O) groups is 1. The van der Waals surface area contributed by atoms with Crippen LogP contribution in [-0.2, 0) is 4.79 Å². The fourth-order valence-corrected chi connectivity index (χ4v) is 3.96. The fourth-order valence-electron chi connectivity index (χ4n) is 3.96. The van der Waals surface area contributed by atoms with Crippen LogP contribution in [0.2, 0.25) is 0 Å². The number of hydrogen-bond acceptors (Lipinski definition) is 3. The summed E-state index contributed by atoms with van der Waals surface area (Å²) in [5.74, 6) is -0.904. The van der Waals surface area contributed by atoms with Gasteiger partial charge in [0.05, 0.1) is 0 Å². The molecule has 1 atom stereocenters. The molecule has 0 aromatic heterocycles. The van der Waals surface area contributed by atoms with E-state index in [0.717, 1.165) is 19.3 Å². The first kappa shape index (κ1) is 31.3. The van der Waals surface area contributed by atoms with Gasteiger partial charge in [0.1, 0.15) is 0 Å². The monoisotopic (exact) mass is 421 g/mol. The second-order valence-corrected chi connectivity index (χ2v) is 8.25. The molecule has 0 rings (SSSR count). The largest absolute Gasteiger partial charge is 1.00 e. The molecule has 0 saturated heterocycles. The molecular formula is C24H48KNO2. The van der Waals surface area contributed by atoms with Crippen LogP contribution in [0.15, 0.2) is 0 Å². The van der Waals surface area contributed by atoms with Gasteiger partial charge in [-0.2, -0.15) is 0 Å². The van der Waals surface area contributed by atoms with Crippen LogP contribution in [-0.4, -0.2) is 30.0 Å². The van der Waals surface area contributed by atoms with E-state index in [1.54, 1.807) is 0 Å². The molecule has 0 aromatic rings. The third kappa shape index (κ3) is 20.3. The molecule has 0 saturated carbocycles. The average Bonchev–Trinajstić information content (AvgIpc) is 2.66. The topological polar surface area (TPSA) is 43.4 Å². The summed E-state index contributed by atoms with van der Waals surface area (Å²) in [6.45, 7) is 9.28. The number of aliphatic carboxylic acids is 1. The van der Waals surface area contributed by atoms with Crippen molar-refractivity contribution in [1.82, 2.24) is 4.90 Å². The molecule has 0 aliphatic rings. The van der Waals surface area contributed by atoms with Crippen molar-refractivity contribution in [2.75, 3.05) is 13.1 Å². The predicted octanol–water partition coefficient (Wildman–Crippen LogP) is 3.10. The fraction of sp³-hybridized carbons (Fsp3) is 0.958. The number of carboxylic acids is 1. The van der Waals surface area contributed by atoms with Crippen LogP contribution in [0.5, 0.6) is 0 Å². The quantitative estimate of drug-likeness (QED) is 0.211. The molecule has 162 valence electrons. The standard InChI is InChI=1S/C24H49NO2.K/c1-4-7-9-11-13-17-21-25(22-18-14-12-10-8-5-2)23(6-3)19-15-16-20-24(26)27;/h23H,4-22H2,1-3H3,(H,26,27);/q;+1/p-1. The van der Waals surface area contributed by atoms with Gasteiger partial charge in [-0.05, 0) is 51.6 Å². The minimum atomic E-state index is -0.904. The van der Waals surface area contributed by atoms with Gasteiger partial charge < -0.3 is 14.8 Å². The third-order valence-electron chi connectivity index (χ3n) is 5.75. The first-order valence-electron chi connectivity index (χ1n) is 12.1. The van der Waals surface area contributed by atoms with Crippen molar-refractivity contribution in [2.45, 2.75) is 136 Å². The third-order valence-corrected chi connectivity index (χ3v) is 5.75. The molecule has 0 fully saturated rings. The van der Waals surface area contributed by atoms with Gasteiger partial charge in [-0.15, -0.1) is 0 Å². The van der Waals surface area contributed by atoms with E-state index < -0.39 is 5.97 Å². The van der Waals surface area contributed by atoms with Crippen LogP contribution >= 0.6 is 0 Å². The van der Waals surface area contributed by atoms with Gasteiger partial charge >= 0.3 is 51.4 Å². The summed E-state index contributed by atoms with van der Waals surface area (Å²) in [7, 11) is 0. The zero-order valence-electron chi connectivity index (χ0n) is 19.8. The number of hydrogen-bond donors (Lipinski definition) is 0. The Labute approximate surface area is 219 Å². The molecule has 0 bridgehead atoms. The smallest absolute Gasteiger partial charge is 0.550 e. The Morgan fingerprint density at radius 1 is 0.714 bits per heavy atom. The molecular weight excluding hydrogens is 373 g/mol. The minimum Gasteiger partial charge on any atom is -0.550 e. The summed E-state index contributed by atoms with van der Waals surface area (Å²) in [6.07, 6.45) is 20.5. The van der Waals surface area contributed by atoms with Gasteiger partial charge in [0, 0.05) is 12.0 Å². The summed E-state index contributed by atoms with van der Waals surface area (Å²) < 4.78 is 0. The predicted molar refractivity (Wildman–Crippen MR) is 116 cm³/mol. The first-order chi connectivity index (χ1) is 13.2. The number of carboxylic acid groups (broad SMARTS) is 1. The molecule has 1 unspecified atom stereocenters. The Morgan fingerprint density at radius 3 is 1.61 bits per heavy atom. The van der Waals surface area contributed by atoms with E-state index in [-0.39, 0.29) is 57.8 Å². The van der Waals surface area contributed by atoms with Crippen molar-refractivity contribution >= 4 is 5.97 Å². The summed E-state index contributed by atoms with van der Waals surface area (Å²) in [4.78, 5) is 13.3. The van der Waals surface area contributed by atoms with E-state index in [0.29, 0.717) is 6.04 Å². The molecule has 0 spiro atoms. The molecule has 0 aliphatic carbocycles. The van der Waals surface area contributed by atoms with Crippen molar-refractivity contribution in [3.8, 4) is 0 Å². The molecule has 0 heterocycles. The van der Waals surface area contributed by atoms with Crippen LogP contribution < -0.4 is 56.5 Å². The van der Waals surface area contributed by atoms with Gasteiger partial charge in [0.15, 0.2) is 0 Å². The van der Waals surface area contributed by atoms with Crippen molar-refractivity contribution < 1.29 is 61.3 Å². The van der Waals surface area contributed by atoms with E-state index in [1.165, 1.54) is 96.6 Å². The van der Waals surface area contributed by atoms with Gasteiger partial charge in [-0.1, -0.05) is 91.4 Å². The van der Waals surface area contributed by atoms with Gasteiger partial charge in [-0.25, -0.2) is 0 Å². The molecule has 0 amide bonds. The Morgan fingerprint density at radius 2 is 1.18 bits per heavy atom. The van der Waals surface area contributed by atoms with Crippen LogP contribution in [0.1, 0.15) is 130 Å². The van der Waals surface area contributed by atoms with E-state index in [1.807, 2.05) is 0 Å². The number of nitrogens with zero attached hydrogens (tertiary/aromatic N) is 1. The van der Waals surface area contributed by atoms with E-state index in [9.17, 15) is 9.90 Å². The SMILES string of the molecule is CCCCCCCCN(CCCCCCCC)C(CC)CCCCC(=O)[O-].[K+]. The van der Waals surface area contributed by atoms with Gasteiger partial charge in [0.25, 0.3) is 0 Å². The normalized spacial score (nSPS) is 12.1. The van der Waals surface area contributed by atoms with Crippen LogP contribution in [0.3, 0.4) is 0 Å². The summed E-state index contributed by atoms with van der Waals surface area (Å²) >= 11 is 0. The van der Waals surface area contributed by atoms with E-state index in [4.69, 9.17) is 0 Å². The molecule has 4 heteroatoms. The van der Waals surface area contributed by atoms with Crippen molar-refractivity contribution in [3.05, 3.63) is 0 Å². The number of carbonyl (C=O) groups excluding carboxylic acids is 1. The number of rotatable bonds is 21. The van der Waals surface area contributed by atoms with Crippen molar-refractivity contribution in [1.29, 1.82) is 0 Å². The Balaban J connectivity index is 0. The summed E-state index contributed by atoms with van der Waals surface area (Å²) in [6, 6.07) is 0.623.